The summed E-state index contributed by atoms with van der Waals surface area (Å²) >= 11 is 0. The summed E-state index contributed by atoms with van der Waals surface area (Å²) in [6, 6.07) is 2.85. The molecule has 0 spiro atoms. The van der Waals surface area contributed by atoms with Crippen molar-refractivity contribution >= 4 is 15.9 Å². The minimum absolute atomic E-state index is 0.0622. The van der Waals surface area contributed by atoms with Crippen LogP contribution >= 0.6 is 0 Å². The van der Waals surface area contributed by atoms with Gasteiger partial charge in [0.15, 0.2) is 0 Å². The molecule has 6 nitrogen and oxygen atoms in total. The first-order valence-corrected chi connectivity index (χ1v) is 11.1. The molecular weight excluding hydrogens is 388 g/mol. The average molecular weight is 416 g/mol. The number of carbonyl (C=O) groups excluding carboxylic acids is 1. The van der Waals surface area contributed by atoms with Gasteiger partial charge in [-0.3, -0.25) is 9.69 Å². The highest BCUT2D eigenvalue weighted by Crippen LogP contribution is 2.24. The normalized spacial score (nSPS) is 25.1. The fourth-order valence-corrected chi connectivity index (χ4v) is 5.63. The van der Waals surface area contributed by atoms with Gasteiger partial charge in [-0.1, -0.05) is 0 Å². The van der Waals surface area contributed by atoms with Crippen molar-refractivity contribution in [3.05, 3.63) is 29.8 Å². The molecule has 2 atom stereocenters. The molecule has 2 aliphatic heterocycles. The van der Waals surface area contributed by atoms with E-state index < -0.39 is 26.6 Å². The second-order valence-corrected chi connectivity index (χ2v) is 9.59. The lowest BCUT2D eigenvalue weighted by molar-refractivity contribution is -0.138. The van der Waals surface area contributed by atoms with E-state index in [0.717, 1.165) is 35.7 Å². The lowest BCUT2D eigenvalue weighted by Crippen LogP contribution is -2.54. The number of nitrogens with zero attached hydrogens (tertiary/aromatic N) is 3. The van der Waals surface area contributed by atoms with Gasteiger partial charge in [0, 0.05) is 38.3 Å². The third-order valence-corrected chi connectivity index (χ3v) is 7.60. The van der Waals surface area contributed by atoms with Crippen LogP contribution in [0.5, 0.6) is 0 Å². The highest BCUT2D eigenvalue weighted by molar-refractivity contribution is 7.89. The molecule has 0 aliphatic carbocycles. The summed E-state index contributed by atoms with van der Waals surface area (Å²) < 4.78 is 53.8. The molecule has 0 N–H and O–H groups in total. The fraction of sp³-hybridized carbons (Fsp3) is 0.632. The van der Waals surface area contributed by atoms with Gasteiger partial charge >= 0.3 is 0 Å². The number of halogens is 2. The highest BCUT2D eigenvalue weighted by Gasteiger charge is 2.33. The molecule has 28 heavy (non-hydrogen) atoms. The van der Waals surface area contributed by atoms with Crippen LogP contribution < -0.4 is 0 Å². The van der Waals surface area contributed by atoms with Crippen LogP contribution in [-0.4, -0.2) is 73.2 Å². The van der Waals surface area contributed by atoms with Crippen LogP contribution in [0.1, 0.15) is 33.1 Å². The molecule has 3 rings (SSSR count). The number of piperazine rings is 1. The molecule has 0 bridgehead atoms. The Morgan fingerprint density at radius 1 is 1.07 bits per heavy atom. The quantitative estimate of drug-likeness (QED) is 0.755. The number of hydrogen-bond acceptors (Lipinski definition) is 4. The molecule has 156 valence electrons. The van der Waals surface area contributed by atoms with Gasteiger partial charge in [0.05, 0.1) is 6.54 Å². The first-order valence-electron chi connectivity index (χ1n) is 9.69. The van der Waals surface area contributed by atoms with Gasteiger partial charge < -0.3 is 4.90 Å². The molecule has 2 aliphatic rings. The number of hydrogen-bond donors (Lipinski definition) is 0. The van der Waals surface area contributed by atoms with Crippen LogP contribution in [0.3, 0.4) is 0 Å². The molecule has 0 saturated carbocycles. The molecule has 2 saturated heterocycles. The van der Waals surface area contributed by atoms with Crippen molar-refractivity contribution in [2.24, 2.45) is 0 Å². The number of benzene rings is 1. The monoisotopic (exact) mass is 415 g/mol. The van der Waals surface area contributed by atoms with E-state index in [1.165, 1.54) is 0 Å². The lowest BCUT2D eigenvalue weighted by atomic mass is 9.97. The van der Waals surface area contributed by atoms with E-state index in [9.17, 15) is 22.0 Å². The SMILES string of the molecule is C[C@H]1CCC[C@H](C)N1C(=O)CN1CCN(S(=O)(=O)c2cc(F)ccc2F)CC1. The minimum atomic E-state index is -4.11. The van der Waals surface area contributed by atoms with Crippen LogP contribution in [0, 0.1) is 11.6 Å². The van der Waals surface area contributed by atoms with Gasteiger partial charge in [0.2, 0.25) is 15.9 Å². The van der Waals surface area contributed by atoms with Crippen LogP contribution in [0.4, 0.5) is 8.78 Å². The van der Waals surface area contributed by atoms with E-state index in [-0.39, 0.29) is 37.6 Å². The predicted molar refractivity (Wildman–Crippen MR) is 101 cm³/mol. The number of likely N-dealkylation sites (tertiary alicyclic amines) is 1. The number of piperidine rings is 1. The van der Waals surface area contributed by atoms with E-state index in [2.05, 4.69) is 13.8 Å². The van der Waals surface area contributed by atoms with Crippen molar-refractivity contribution < 1.29 is 22.0 Å². The van der Waals surface area contributed by atoms with Crippen molar-refractivity contribution in [2.75, 3.05) is 32.7 Å². The van der Waals surface area contributed by atoms with Crippen LogP contribution in [0.15, 0.2) is 23.1 Å². The van der Waals surface area contributed by atoms with E-state index in [1.807, 2.05) is 9.80 Å². The molecule has 1 aromatic rings. The van der Waals surface area contributed by atoms with Crippen molar-refractivity contribution in [1.82, 2.24) is 14.1 Å². The van der Waals surface area contributed by atoms with Gasteiger partial charge in [-0.2, -0.15) is 4.31 Å². The molecule has 1 amide bonds. The maximum absolute atomic E-state index is 13.9. The van der Waals surface area contributed by atoms with Gasteiger partial charge in [-0.25, -0.2) is 17.2 Å². The number of sulfonamides is 1. The smallest absolute Gasteiger partial charge is 0.246 e. The Balaban J connectivity index is 1.61. The zero-order valence-corrected chi connectivity index (χ0v) is 17.1. The van der Waals surface area contributed by atoms with Crippen molar-refractivity contribution in [3.8, 4) is 0 Å². The van der Waals surface area contributed by atoms with E-state index in [1.54, 1.807) is 0 Å². The Morgan fingerprint density at radius 2 is 1.68 bits per heavy atom. The first-order chi connectivity index (χ1) is 13.2. The Bertz CT molecular complexity index is 816. The van der Waals surface area contributed by atoms with Gasteiger partial charge in [-0.05, 0) is 51.3 Å². The third-order valence-electron chi connectivity index (χ3n) is 5.68. The van der Waals surface area contributed by atoms with Crippen LogP contribution in [0.25, 0.3) is 0 Å². The van der Waals surface area contributed by atoms with E-state index >= 15 is 0 Å². The summed E-state index contributed by atoms with van der Waals surface area (Å²) in [5, 5.41) is 0. The molecule has 9 heteroatoms. The maximum atomic E-state index is 13.9. The summed E-state index contributed by atoms with van der Waals surface area (Å²) in [7, 11) is -4.11. The van der Waals surface area contributed by atoms with Crippen LogP contribution in [0.2, 0.25) is 0 Å². The van der Waals surface area contributed by atoms with Crippen molar-refractivity contribution in [3.63, 3.8) is 0 Å². The molecule has 0 radical (unpaired) electrons. The second kappa shape index (κ2) is 8.42. The van der Waals surface area contributed by atoms with E-state index in [0.29, 0.717) is 19.2 Å². The fourth-order valence-electron chi connectivity index (χ4n) is 4.13. The topological polar surface area (TPSA) is 60.9 Å². The average Bonchev–Trinajstić information content (AvgIpc) is 2.64. The van der Waals surface area contributed by atoms with Crippen LogP contribution in [-0.2, 0) is 14.8 Å². The van der Waals surface area contributed by atoms with Crippen molar-refractivity contribution in [1.29, 1.82) is 0 Å². The Kier molecular flexibility index (Phi) is 6.36. The molecular formula is C19H27F2N3O3S. The van der Waals surface area contributed by atoms with E-state index in [4.69, 9.17) is 0 Å². The second-order valence-electron chi connectivity index (χ2n) is 7.68. The summed E-state index contributed by atoms with van der Waals surface area (Å²) in [5.74, 6) is -1.70. The zero-order chi connectivity index (χ0) is 20.5. The molecule has 0 aromatic heterocycles. The number of carbonyl (C=O) groups is 1. The third kappa shape index (κ3) is 4.36. The van der Waals surface area contributed by atoms with Crippen molar-refractivity contribution in [2.45, 2.75) is 50.1 Å². The summed E-state index contributed by atoms with van der Waals surface area (Å²) in [5.41, 5.74) is 0. The Morgan fingerprint density at radius 3 is 2.29 bits per heavy atom. The Labute approximate surface area is 165 Å². The Hall–Kier alpha value is -1.58. The van der Waals surface area contributed by atoms with Gasteiger partial charge in [0.25, 0.3) is 0 Å². The lowest BCUT2D eigenvalue weighted by Gasteiger charge is -2.41. The number of amides is 1. The number of rotatable bonds is 4. The molecule has 0 unspecified atom stereocenters. The first kappa shape index (κ1) is 21.1. The summed E-state index contributed by atoms with van der Waals surface area (Å²) in [6.45, 7) is 5.39. The minimum Gasteiger partial charge on any atom is -0.336 e. The largest absolute Gasteiger partial charge is 0.336 e. The summed E-state index contributed by atoms with van der Waals surface area (Å²) in [4.78, 5) is 15.9. The van der Waals surface area contributed by atoms with Gasteiger partial charge in [-0.15, -0.1) is 0 Å². The zero-order valence-electron chi connectivity index (χ0n) is 16.3. The molecule has 2 fully saturated rings. The highest BCUT2D eigenvalue weighted by atomic mass is 32.2. The summed E-state index contributed by atoms with van der Waals surface area (Å²) in [6.07, 6.45) is 3.13. The predicted octanol–water partition coefficient (Wildman–Crippen LogP) is 2.06. The molecule has 2 heterocycles. The molecule has 1 aromatic carbocycles. The van der Waals surface area contributed by atoms with Gasteiger partial charge in [0.1, 0.15) is 16.5 Å². The maximum Gasteiger partial charge on any atom is 0.246 e. The standard InChI is InChI=1S/C19H27F2N3O3S/c1-14-4-3-5-15(2)24(14)19(25)13-22-8-10-23(11-9-22)28(26,27)18-12-16(20)6-7-17(18)21/h6-7,12,14-15H,3-5,8-11,13H2,1-2H3/t14-,15-/m0/s1.